The van der Waals surface area contributed by atoms with Crippen LogP contribution in [0.2, 0.25) is 0 Å². The molecule has 0 amide bonds. The van der Waals surface area contributed by atoms with Crippen molar-refractivity contribution in [2.24, 2.45) is 0 Å². The molecule has 1 aromatic rings. The molecule has 0 bridgehead atoms. The van der Waals surface area contributed by atoms with Crippen LogP contribution in [0.4, 0.5) is 17.6 Å². The summed E-state index contributed by atoms with van der Waals surface area (Å²) in [5, 5.41) is 0. The quantitative estimate of drug-likeness (QED) is 0.418. The maximum absolute atomic E-state index is 12.7. The summed E-state index contributed by atoms with van der Waals surface area (Å²) < 4.78 is 49.3. The number of aromatic nitrogens is 1. The fourth-order valence-corrected chi connectivity index (χ4v) is 0.952. The van der Waals surface area contributed by atoms with Crippen LogP contribution in [-0.2, 0) is 5.88 Å². The zero-order valence-electron chi connectivity index (χ0n) is 6.20. The van der Waals surface area contributed by atoms with Gasteiger partial charge in [-0.1, -0.05) is 0 Å². The van der Waals surface area contributed by atoms with Gasteiger partial charge in [0.25, 0.3) is 6.43 Å². The molecule has 0 fully saturated rings. The number of halogens is 5. The van der Waals surface area contributed by atoms with Crippen molar-refractivity contribution in [3.63, 3.8) is 0 Å². The Bertz CT molecular complexity index is 316. The van der Waals surface area contributed by atoms with Crippen molar-refractivity contribution >= 4 is 11.6 Å². The summed E-state index contributed by atoms with van der Waals surface area (Å²) in [5.41, 5.74) is -1.42. The molecule has 0 unspecified atom stereocenters. The maximum Gasteiger partial charge on any atom is 0.283 e. The predicted octanol–water partition coefficient (Wildman–Crippen LogP) is 3.04. The molecule has 1 rings (SSSR count). The van der Waals surface area contributed by atoms with Crippen molar-refractivity contribution in [3.8, 4) is 0 Å². The van der Waals surface area contributed by atoms with Crippen LogP contribution in [0.5, 0.6) is 0 Å². The lowest BCUT2D eigenvalue weighted by Crippen LogP contribution is -2.01. The third-order valence-electron chi connectivity index (χ3n) is 1.38. The Balaban J connectivity index is 3.20. The summed E-state index contributed by atoms with van der Waals surface area (Å²) in [6.45, 7) is 0. The fourth-order valence-electron chi connectivity index (χ4n) is 0.764. The lowest BCUT2D eigenvalue weighted by atomic mass is 10.2. The molecular weight excluding hydrogens is 210 g/mol. The van der Waals surface area contributed by atoms with Crippen LogP contribution in [0.15, 0.2) is 6.07 Å². The van der Waals surface area contributed by atoms with E-state index in [9.17, 15) is 17.6 Å². The Labute approximate surface area is 76.3 Å². The highest BCUT2D eigenvalue weighted by Crippen LogP contribution is 2.22. The summed E-state index contributed by atoms with van der Waals surface area (Å²) in [6.07, 6.45) is -3.13. The number of pyridine rings is 1. The zero-order chi connectivity index (χ0) is 10.0. The molecule has 1 heterocycles. The summed E-state index contributed by atoms with van der Waals surface area (Å²) in [7, 11) is 0. The van der Waals surface area contributed by atoms with E-state index in [1.165, 1.54) is 0 Å². The van der Waals surface area contributed by atoms with Crippen LogP contribution in [0, 0.1) is 11.8 Å². The van der Waals surface area contributed by atoms with E-state index in [-0.39, 0.29) is 11.4 Å². The molecule has 0 aliphatic carbocycles. The van der Waals surface area contributed by atoms with Gasteiger partial charge in [-0.25, -0.2) is 18.2 Å². The van der Waals surface area contributed by atoms with Gasteiger partial charge >= 0.3 is 0 Å². The van der Waals surface area contributed by atoms with Crippen LogP contribution in [0.3, 0.4) is 0 Å². The highest BCUT2D eigenvalue weighted by molar-refractivity contribution is 6.17. The van der Waals surface area contributed by atoms with Gasteiger partial charge in [0.1, 0.15) is 5.69 Å². The molecule has 0 aliphatic heterocycles. The smallest absolute Gasteiger partial charge is 0.215 e. The van der Waals surface area contributed by atoms with Crippen LogP contribution >= 0.6 is 11.6 Å². The van der Waals surface area contributed by atoms with Crippen LogP contribution < -0.4 is 0 Å². The minimum absolute atomic E-state index is 0.233. The first kappa shape index (κ1) is 10.2. The molecule has 0 saturated heterocycles. The van der Waals surface area contributed by atoms with Crippen molar-refractivity contribution < 1.29 is 17.6 Å². The number of nitrogens with zero attached hydrogens (tertiary/aromatic N) is 1. The molecule has 0 aromatic carbocycles. The standard InChI is InChI=1S/C7H4ClF4N/c8-2-3-1-4(9)5(6(10)11)13-7(3)12/h1,6H,2H2. The first-order valence-corrected chi connectivity index (χ1v) is 3.78. The van der Waals surface area contributed by atoms with E-state index in [2.05, 4.69) is 4.98 Å². The summed E-state index contributed by atoms with van der Waals surface area (Å²) in [6, 6.07) is 0.622. The molecule has 13 heavy (non-hydrogen) atoms. The second kappa shape index (κ2) is 3.91. The number of alkyl halides is 3. The second-order valence-electron chi connectivity index (χ2n) is 2.24. The lowest BCUT2D eigenvalue weighted by Gasteiger charge is -2.03. The molecule has 0 N–H and O–H groups in total. The van der Waals surface area contributed by atoms with Crippen LogP contribution in [0.25, 0.3) is 0 Å². The van der Waals surface area contributed by atoms with Crippen molar-refractivity contribution in [2.75, 3.05) is 0 Å². The molecule has 1 aromatic heterocycles. The Hall–Kier alpha value is -0.840. The Morgan fingerprint density at radius 2 is 2.00 bits per heavy atom. The minimum Gasteiger partial charge on any atom is -0.215 e. The van der Waals surface area contributed by atoms with E-state index in [4.69, 9.17) is 11.6 Å². The van der Waals surface area contributed by atoms with E-state index in [1.807, 2.05) is 0 Å². The first-order valence-electron chi connectivity index (χ1n) is 3.25. The summed E-state index contributed by atoms with van der Waals surface area (Å²) in [5.74, 6) is -2.71. The highest BCUT2D eigenvalue weighted by Gasteiger charge is 2.18. The maximum atomic E-state index is 12.7. The zero-order valence-corrected chi connectivity index (χ0v) is 6.95. The third-order valence-corrected chi connectivity index (χ3v) is 1.67. The van der Waals surface area contributed by atoms with Gasteiger partial charge in [-0.15, -0.1) is 11.6 Å². The molecule has 0 radical (unpaired) electrons. The molecule has 0 atom stereocenters. The first-order chi connectivity index (χ1) is 6.06. The third kappa shape index (κ3) is 2.09. The lowest BCUT2D eigenvalue weighted by molar-refractivity contribution is 0.139. The second-order valence-corrected chi connectivity index (χ2v) is 2.51. The van der Waals surface area contributed by atoms with Crippen molar-refractivity contribution in [2.45, 2.75) is 12.3 Å². The van der Waals surface area contributed by atoms with Gasteiger partial charge in [0.05, 0.1) is 5.88 Å². The van der Waals surface area contributed by atoms with E-state index >= 15 is 0 Å². The van der Waals surface area contributed by atoms with E-state index in [1.54, 1.807) is 0 Å². The Morgan fingerprint density at radius 1 is 1.38 bits per heavy atom. The van der Waals surface area contributed by atoms with Gasteiger partial charge in [0.2, 0.25) is 5.95 Å². The SMILES string of the molecule is Fc1cc(CCl)c(F)nc1C(F)F. The summed E-state index contributed by atoms with van der Waals surface area (Å²) >= 11 is 5.20. The topological polar surface area (TPSA) is 12.9 Å². The average molecular weight is 214 g/mol. The van der Waals surface area contributed by atoms with Crippen LogP contribution in [0.1, 0.15) is 17.7 Å². The highest BCUT2D eigenvalue weighted by atomic mass is 35.5. The van der Waals surface area contributed by atoms with Gasteiger partial charge in [0, 0.05) is 5.56 Å². The normalized spacial score (nSPS) is 10.9. The number of hydrogen-bond donors (Lipinski definition) is 0. The van der Waals surface area contributed by atoms with E-state index < -0.39 is 23.9 Å². The van der Waals surface area contributed by atoms with Gasteiger partial charge < -0.3 is 0 Å². The summed E-state index contributed by atoms with van der Waals surface area (Å²) in [4.78, 5) is 2.77. The van der Waals surface area contributed by atoms with Crippen molar-refractivity contribution in [1.82, 2.24) is 4.98 Å². The van der Waals surface area contributed by atoms with Gasteiger partial charge in [0.15, 0.2) is 5.82 Å². The van der Waals surface area contributed by atoms with Crippen molar-refractivity contribution in [3.05, 3.63) is 29.1 Å². The van der Waals surface area contributed by atoms with Crippen LogP contribution in [-0.4, -0.2) is 4.98 Å². The molecular formula is C7H4ClF4N. The predicted molar refractivity (Wildman–Crippen MR) is 38.7 cm³/mol. The number of hydrogen-bond acceptors (Lipinski definition) is 1. The molecule has 0 aliphatic rings. The van der Waals surface area contributed by atoms with Gasteiger partial charge in [-0.05, 0) is 6.07 Å². The van der Waals surface area contributed by atoms with E-state index in [0.29, 0.717) is 6.07 Å². The molecule has 6 heteroatoms. The van der Waals surface area contributed by atoms with Gasteiger partial charge in [-0.3, -0.25) is 0 Å². The molecule has 72 valence electrons. The molecule has 1 nitrogen and oxygen atoms in total. The minimum atomic E-state index is -3.13. The largest absolute Gasteiger partial charge is 0.283 e. The number of rotatable bonds is 2. The Morgan fingerprint density at radius 3 is 2.46 bits per heavy atom. The van der Waals surface area contributed by atoms with E-state index in [0.717, 1.165) is 0 Å². The molecule has 0 spiro atoms. The average Bonchev–Trinajstić information content (AvgIpc) is 2.07. The Kier molecular flexibility index (Phi) is 3.08. The molecule has 0 saturated carbocycles. The van der Waals surface area contributed by atoms with Gasteiger partial charge in [-0.2, -0.15) is 4.39 Å². The fraction of sp³-hybridized carbons (Fsp3) is 0.286. The van der Waals surface area contributed by atoms with Crippen molar-refractivity contribution in [1.29, 1.82) is 0 Å². The monoisotopic (exact) mass is 213 g/mol.